The number of carboxylic acids is 1. The van der Waals surface area contributed by atoms with Gasteiger partial charge in [-0.15, -0.1) is 0 Å². The van der Waals surface area contributed by atoms with Crippen molar-refractivity contribution in [1.29, 1.82) is 0 Å². The van der Waals surface area contributed by atoms with Crippen LogP contribution in [-0.2, 0) is 15.7 Å². The van der Waals surface area contributed by atoms with Gasteiger partial charge in [-0.1, -0.05) is 11.6 Å². The van der Waals surface area contributed by atoms with Crippen molar-refractivity contribution in [2.24, 2.45) is 0 Å². The Labute approximate surface area is 226 Å². The van der Waals surface area contributed by atoms with Crippen LogP contribution in [0.25, 0.3) is 10.9 Å². The number of halogens is 4. The number of benzene rings is 1. The second-order valence-electron chi connectivity index (χ2n) is 8.82. The molecule has 1 aliphatic heterocycles. The summed E-state index contributed by atoms with van der Waals surface area (Å²) in [5, 5.41) is 15.4. The highest BCUT2D eigenvalue weighted by Gasteiger charge is 2.35. The van der Waals surface area contributed by atoms with E-state index in [-0.39, 0.29) is 23.6 Å². The Morgan fingerprint density at radius 1 is 1.13 bits per heavy atom. The van der Waals surface area contributed by atoms with E-state index in [2.05, 4.69) is 25.6 Å². The molecule has 1 saturated heterocycles. The van der Waals surface area contributed by atoms with Crippen LogP contribution < -0.4 is 10.6 Å². The Morgan fingerprint density at radius 2 is 1.85 bits per heavy atom. The molecule has 0 aliphatic carbocycles. The number of anilines is 1. The molecule has 3 N–H and O–H groups in total. The molecule has 208 valence electrons. The van der Waals surface area contributed by atoms with E-state index in [1.54, 1.807) is 24.3 Å². The van der Waals surface area contributed by atoms with Gasteiger partial charge in [0.15, 0.2) is 0 Å². The normalized spacial score (nSPS) is 15.2. The highest BCUT2D eigenvalue weighted by atomic mass is 35.5. The van der Waals surface area contributed by atoms with Crippen LogP contribution in [0.4, 0.5) is 19.0 Å². The van der Waals surface area contributed by atoms with Gasteiger partial charge in [0.2, 0.25) is 5.82 Å². The third-order valence-electron chi connectivity index (χ3n) is 6.17. The zero-order valence-corrected chi connectivity index (χ0v) is 21.4. The molecule has 3 heterocycles. The van der Waals surface area contributed by atoms with Crippen LogP contribution in [0.2, 0.25) is 5.02 Å². The number of hydrogen-bond acceptors (Lipinski definition) is 8. The number of nitrogens with one attached hydrogen (secondary N) is 2. The minimum atomic E-state index is -4.66. The summed E-state index contributed by atoms with van der Waals surface area (Å²) in [5.74, 6) is -2.06. The Kier molecular flexibility index (Phi) is 9.15. The van der Waals surface area contributed by atoms with Crippen LogP contribution in [0.15, 0.2) is 36.7 Å². The van der Waals surface area contributed by atoms with Gasteiger partial charge in [-0.25, -0.2) is 15.0 Å². The quantitative estimate of drug-likeness (QED) is 0.314. The van der Waals surface area contributed by atoms with E-state index < -0.39 is 29.9 Å². The highest BCUT2D eigenvalue weighted by Crippen LogP contribution is 2.29. The summed E-state index contributed by atoms with van der Waals surface area (Å²) in [5.41, 5.74) is 1.15. The summed E-state index contributed by atoms with van der Waals surface area (Å²) in [6.45, 7) is 2.41. The maximum atomic E-state index is 13.3. The minimum absolute atomic E-state index is 0.0323. The van der Waals surface area contributed by atoms with E-state index in [1.165, 1.54) is 0 Å². The van der Waals surface area contributed by atoms with Gasteiger partial charge < -0.3 is 20.5 Å². The van der Waals surface area contributed by atoms with Gasteiger partial charge in [-0.05, 0) is 30.7 Å². The predicted octanol–water partition coefficient (Wildman–Crippen LogP) is 3.78. The molecule has 0 radical (unpaired) electrons. The number of carbonyl (C=O) groups excluding carboxylic acids is 1. The molecule has 1 fully saturated rings. The van der Waals surface area contributed by atoms with Crippen molar-refractivity contribution in [3.63, 3.8) is 0 Å². The Hall–Kier alpha value is -3.55. The second kappa shape index (κ2) is 12.5. The molecule has 3 aromatic rings. The van der Waals surface area contributed by atoms with E-state index in [4.69, 9.17) is 21.4 Å². The van der Waals surface area contributed by atoms with Gasteiger partial charge in [-0.2, -0.15) is 13.2 Å². The molecule has 0 spiro atoms. The van der Waals surface area contributed by atoms with E-state index in [9.17, 15) is 22.8 Å². The molecular weight excluding hydrogens is 541 g/mol. The van der Waals surface area contributed by atoms with Gasteiger partial charge in [0, 0.05) is 55.9 Å². The molecule has 1 unspecified atom stereocenters. The number of morpholine rings is 1. The molecule has 1 atom stereocenters. The fraction of sp³-hybridized carbons (Fsp3) is 0.400. The Balaban J connectivity index is 1.52. The van der Waals surface area contributed by atoms with Crippen LogP contribution >= 0.6 is 11.6 Å². The minimum Gasteiger partial charge on any atom is -0.481 e. The van der Waals surface area contributed by atoms with Crippen LogP contribution in [0.5, 0.6) is 0 Å². The molecule has 2 aromatic heterocycles. The SMILES string of the molecule is O=C(O)CCCNc1ccc2c(C(=O)NCC(c3cnc(C(F)(F)F)nc3)N3CCOCC3)c(Cl)ccc2n1. The lowest BCUT2D eigenvalue weighted by Gasteiger charge is -2.34. The monoisotopic (exact) mass is 566 g/mol. The summed E-state index contributed by atoms with van der Waals surface area (Å²) in [4.78, 5) is 37.5. The van der Waals surface area contributed by atoms with Crippen molar-refractivity contribution in [3.05, 3.63) is 58.6 Å². The number of carboxylic acid groups (broad SMARTS) is 1. The second-order valence-corrected chi connectivity index (χ2v) is 9.23. The maximum absolute atomic E-state index is 13.3. The lowest BCUT2D eigenvalue weighted by Crippen LogP contribution is -2.44. The maximum Gasteiger partial charge on any atom is 0.451 e. The average Bonchev–Trinajstić information content (AvgIpc) is 2.91. The van der Waals surface area contributed by atoms with Gasteiger partial charge in [-0.3, -0.25) is 14.5 Å². The molecule has 0 bridgehead atoms. The molecule has 1 aromatic carbocycles. The van der Waals surface area contributed by atoms with E-state index in [0.717, 1.165) is 12.4 Å². The van der Waals surface area contributed by atoms with Crippen molar-refractivity contribution >= 4 is 40.2 Å². The van der Waals surface area contributed by atoms with Crippen LogP contribution in [0.1, 0.15) is 40.6 Å². The lowest BCUT2D eigenvalue weighted by molar-refractivity contribution is -0.145. The number of fused-ring (bicyclic) bond motifs is 1. The number of rotatable bonds is 10. The summed E-state index contributed by atoms with van der Waals surface area (Å²) >= 11 is 6.40. The first kappa shape index (κ1) is 28.5. The van der Waals surface area contributed by atoms with Crippen molar-refractivity contribution in [1.82, 2.24) is 25.2 Å². The number of pyridine rings is 1. The van der Waals surface area contributed by atoms with Crippen molar-refractivity contribution in [2.45, 2.75) is 25.1 Å². The standard InChI is InChI=1S/C25H26ClF3N6O4/c26-17-4-5-18-16(3-6-20(34-18)30-7-1-2-21(36)37)22(17)23(38)31-14-19(35-8-10-39-11-9-35)15-12-32-24(33-13-15)25(27,28)29/h3-6,12-13,19H,1-2,7-11,14H2,(H,30,34)(H,31,38)(H,36,37). The van der Waals surface area contributed by atoms with Crippen LogP contribution in [0, 0.1) is 0 Å². The van der Waals surface area contributed by atoms with E-state index >= 15 is 0 Å². The van der Waals surface area contributed by atoms with E-state index in [0.29, 0.717) is 61.6 Å². The summed E-state index contributed by atoms with van der Waals surface area (Å²) in [6.07, 6.45) is -1.94. The van der Waals surface area contributed by atoms with Gasteiger partial charge in [0.1, 0.15) is 5.82 Å². The first-order valence-electron chi connectivity index (χ1n) is 12.2. The fourth-order valence-corrected chi connectivity index (χ4v) is 4.49. The third-order valence-corrected chi connectivity index (χ3v) is 6.49. The number of ether oxygens (including phenoxy) is 1. The molecular formula is C25H26ClF3N6O4. The van der Waals surface area contributed by atoms with Crippen molar-refractivity contribution in [3.8, 4) is 0 Å². The highest BCUT2D eigenvalue weighted by molar-refractivity contribution is 6.35. The molecule has 1 amide bonds. The fourth-order valence-electron chi connectivity index (χ4n) is 4.24. The van der Waals surface area contributed by atoms with Gasteiger partial charge in [0.05, 0.1) is 35.4 Å². The number of aromatic nitrogens is 3. The van der Waals surface area contributed by atoms with E-state index in [1.807, 2.05) is 4.90 Å². The van der Waals surface area contributed by atoms with Gasteiger partial charge in [0.25, 0.3) is 5.91 Å². The molecule has 10 nitrogen and oxygen atoms in total. The molecule has 14 heteroatoms. The zero-order chi connectivity index (χ0) is 28.0. The number of amides is 1. The summed E-state index contributed by atoms with van der Waals surface area (Å²) in [6, 6.07) is 6.11. The van der Waals surface area contributed by atoms with Crippen LogP contribution in [-0.4, -0.2) is 76.2 Å². The Morgan fingerprint density at radius 3 is 2.51 bits per heavy atom. The molecule has 39 heavy (non-hydrogen) atoms. The number of alkyl halides is 3. The largest absolute Gasteiger partial charge is 0.481 e. The average molecular weight is 567 g/mol. The molecule has 0 saturated carbocycles. The van der Waals surface area contributed by atoms with Gasteiger partial charge >= 0.3 is 12.1 Å². The first-order chi connectivity index (χ1) is 18.6. The first-order valence-corrected chi connectivity index (χ1v) is 12.6. The number of carbonyl (C=O) groups is 2. The number of hydrogen-bond donors (Lipinski definition) is 3. The topological polar surface area (TPSA) is 130 Å². The predicted molar refractivity (Wildman–Crippen MR) is 137 cm³/mol. The zero-order valence-electron chi connectivity index (χ0n) is 20.7. The Bertz CT molecular complexity index is 1320. The summed E-state index contributed by atoms with van der Waals surface area (Å²) in [7, 11) is 0. The molecule has 1 aliphatic rings. The smallest absolute Gasteiger partial charge is 0.451 e. The third kappa shape index (κ3) is 7.31. The lowest BCUT2D eigenvalue weighted by atomic mass is 10.1. The van der Waals surface area contributed by atoms with Crippen molar-refractivity contribution in [2.75, 3.05) is 44.7 Å². The summed E-state index contributed by atoms with van der Waals surface area (Å²) < 4.78 is 44.3. The number of nitrogens with zero attached hydrogens (tertiary/aromatic N) is 4. The molecule has 4 rings (SSSR count). The van der Waals surface area contributed by atoms with Crippen molar-refractivity contribution < 1.29 is 32.6 Å². The van der Waals surface area contributed by atoms with Crippen LogP contribution in [0.3, 0.4) is 0 Å². The number of aliphatic carboxylic acids is 1.